The topological polar surface area (TPSA) is 55.8 Å². The molecule has 0 saturated carbocycles. The summed E-state index contributed by atoms with van der Waals surface area (Å²) in [5.41, 5.74) is 0.516. The highest BCUT2D eigenvalue weighted by Crippen LogP contribution is 2.32. The molecule has 0 N–H and O–H groups in total. The first-order chi connectivity index (χ1) is 9.49. The molecule has 1 heterocycles. The molecule has 1 aromatic rings. The lowest BCUT2D eigenvalue weighted by Gasteiger charge is -2.21. The van der Waals surface area contributed by atoms with Gasteiger partial charge in [-0.25, -0.2) is 0 Å². The molecule has 0 aliphatic rings. The smallest absolute Gasteiger partial charge is 0.325 e. The standard InChI is InChI=1S/C12H15Br2NO4S/c1-3-19-10(16)7-15(4-5-18-2)12(17)8-6-9(13)20-11(8)14/h6H,3-5,7H2,1-2H3. The van der Waals surface area contributed by atoms with Crippen molar-refractivity contribution in [3.05, 3.63) is 19.2 Å². The first-order valence-electron chi connectivity index (χ1n) is 5.88. The molecular formula is C12H15Br2NO4S. The van der Waals surface area contributed by atoms with Crippen LogP contribution in [0.5, 0.6) is 0 Å². The maximum absolute atomic E-state index is 12.4. The van der Waals surface area contributed by atoms with Gasteiger partial charge >= 0.3 is 5.97 Å². The number of methoxy groups -OCH3 is 1. The molecule has 0 unspecified atom stereocenters. The van der Waals surface area contributed by atoms with Crippen LogP contribution in [0.4, 0.5) is 0 Å². The van der Waals surface area contributed by atoms with E-state index in [1.165, 1.54) is 16.2 Å². The fourth-order valence-corrected chi connectivity index (χ4v) is 4.25. The number of hydrogen-bond donors (Lipinski definition) is 0. The molecule has 5 nitrogen and oxygen atoms in total. The van der Waals surface area contributed by atoms with E-state index < -0.39 is 5.97 Å². The van der Waals surface area contributed by atoms with Crippen LogP contribution >= 0.6 is 43.2 Å². The summed E-state index contributed by atoms with van der Waals surface area (Å²) in [5.74, 6) is -0.661. The van der Waals surface area contributed by atoms with Gasteiger partial charge in [0.15, 0.2) is 0 Å². The summed E-state index contributed by atoms with van der Waals surface area (Å²) in [6.07, 6.45) is 0. The highest BCUT2D eigenvalue weighted by Gasteiger charge is 2.22. The predicted molar refractivity (Wildman–Crippen MR) is 84.1 cm³/mol. The van der Waals surface area contributed by atoms with Gasteiger partial charge in [0.1, 0.15) is 6.54 Å². The summed E-state index contributed by atoms with van der Waals surface area (Å²) < 4.78 is 11.4. The van der Waals surface area contributed by atoms with Crippen molar-refractivity contribution in [2.75, 3.05) is 33.4 Å². The van der Waals surface area contributed by atoms with Crippen LogP contribution in [0.3, 0.4) is 0 Å². The zero-order chi connectivity index (χ0) is 15.1. The number of hydrogen-bond acceptors (Lipinski definition) is 5. The number of rotatable bonds is 7. The van der Waals surface area contributed by atoms with E-state index in [2.05, 4.69) is 31.9 Å². The first-order valence-corrected chi connectivity index (χ1v) is 8.28. The molecule has 8 heteroatoms. The number of thiophene rings is 1. The second-order valence-corrected chi connectivity index (χ2v) is 7.51. The lowest BCUT2D eigenvalue weighted by molar-refractivity contribution is -0.143. The minimum absolute atomic E-state index is 0.0874. The van der Waals surface area contributed by atoms with E-state index in [4.69, 9.17) is 9.47 Å². The van der Waals surface area contributed by atoms with Crippen molar-refractivity contribution in [2.24, 2.45) is 0 Å². The third-order valence-electron chi connectivity index (χ3n) is 2.36. The molecular weight excluding hydrogens is 414 g/mol. The van der Waals surface area contributed by atoms with Gasteiger partial charge in [-0.3, -0.25) is 9.59 Å². The van der Waals surface area contributed by atoms with Crippen LogP contribution in [0, 0.1) is 0 Å². The molecule has 0 spiro atoms. The highest BCUT2D eigenvalue weighted by molar-refractivity contribution is 9.12. The van der Waals surface area contributed by atoms with E-state index in [-0.39, 0.29) is 12.5 Å². The molecule has 1 rings (SSSR count). The van der Waals surface area contributed by atoms with Crippen LogP contribution in [0.25, 0.3) is 0 Å². The van der Waals surface area contributed by atoms with E-state index in [1.807, 2.05) is 0 Å². The van der Waals surface area contributed by atoms with Gasteiger partial charge in [0.05, 0.1) is 26.4 Å². The molecule has 0 fully saturated rings. The SMILES string of the molecule is CCOC(=O)CN(CCOC)C(=O)c1cc(Br)sc1Br. The molecule has 0 bridgehead atoms. The van der Waals surface area contributed by atoms with E-state index in [0.717, 1.165) is 7.57 Å². The minimum atomic E-state index is -0.428. The predicted octanol–water partition coefficient (Wildman–Crippen LogP) is 2.92. The molecule has 0 atom stereocenters. The molecule has 0 aliphatic carbocycles. The van der Waals surface area contributed by atoms with Crippen molar-refractivity contribution in [1.82, 2.24) is 4.90 Å². The zero-order valence-electron chi connectivity index (χ0n) is 11.2. The molecule has 1 amide bonds. The maximum Gasteiger partial charge on any atom is 0.325 e. The Morgan fingerprint density at radius 1 is 1.40 bits per heavy atom. The zero-order valence-corrected chi connectivity index (χ0v) is 15.1. The van der Waals surface area contributed by atoms with Gasteiger partial charge in [0, 0.05) is 13.7 Å². The first kappa shape index (κ1) is 17.6. The van der Waals surface area contributed by atoms with E-state index in [0.29, 0.717) is 25.3 Å². The Morgan fingerprint density at radius 3 is 2.60 bits per heavy atom. The van der Waals surface area contributed by atoms with Gasteiger partial charge in [-0.15, -0.1) is 11.3 Å². The Morgan fingerprint density at radius 2 is 2.10 bits per heavy atom. The van der Waals surface area contributed by atoms with Crippen molar-refractivity contribution < 1.29 is 19.1 Å². The van der Waals surface area contributed by atoms with Gasteiger partial charge in [0.2, 0.25) is 0 Å². The number of amides is 1. The van der Waals surface area contributed by atoms with E-state index in [1.54, 1.807) is 20.1 Å². The molecule has 0 saturated heterocycles. The summed E-state index contributed by atoms with van der Waals surface area (Å²) in [6.45, 7) is 2.61. The second kappa shape index (κ2) is 8.76. The van der Waals surface area contributed by atoms with Crippen molar-refractivity contribution >= 4 is 55.1 Å². The number of nitrogens with zero attached hydrogens (tertiary/aromatic N) is 1. The molecule has 0 radical (unpaired) electrons. The summed E-state index contributed by atoms with van der Waals surface area (Å²) in [5, 5.41) is 0. The van der Waals surface area contributed by atoms with Crippen LogP contribution in [0.15, 0.2) is 13.6 Å². The summed E-state index contributed by atoms with van der Waals surface area (Å²) in [4.78, 5) is 25.4. The molecule has 112 valence electrons. The number of carbonyl (C=O) groups is 2. The Bertz CT molecular complexity index is 478. The minimum Gasteiger partial charge on any atom is -0.465 e. The van der Waals surface area contributed by atoms with Crippen LogP contribution < -0.4 is 0 Å². The Kier molecular flexibility index (Phi) is 7.71. The number of halogens is 2. The van der Waals surface area contributed by atoms with E-state index in [9.17, 15) is 9.59 Å². The Hall–Kier alpha value is -0.440. The molecule has 0 aromatic carbocycles. The quantitative estimate of drug-likeness (QED) is 0.626. The van der Waals surface area contributed by atoms with Crippen LogP contribution in [-0.4, -0.2) is 50.2 Å². The lowest BCUT2D eigenvalue weighted by atomic mass is 10.3. The molecule has 1 aromatic heterocycles. The average Bonchev–Trinajstić information content (AvgIpc) is 2.73. The summed E-state index contributed by atoms with van der Waals surface area (Å²) in [6, 6.07) is 1.72. The number of ether oxygens (including phenoxy) is 2. The van der Waals surface area contributed by atoms with Gasteiger partial charge in [0.25, 0.3) is 5.91 Å². The Labute approximate surface area is 138 Å². The third-order valence-corrected chi connectivity index (χ3v) is 4.70. The molecule has 20 heavy (non-hydrogen) atoms. The third kappa shape index (κ3) is 5.16. The van der Waals surface area contributed by atoms with Crippen LogP contribution in [0.2, 0.25) is 0 Å². The van der Waals surface area contributed by atoms with E-state index >= 15 is 0 Å². The van der Waals surface area contributed by atoms with Gasteiger partial charge < -0.3 is 14.4 Å². The normalized spacial score (nSPS) is 10.4. The second-order valence-electron chi connectivity index (χ2n) is 3.76. The van der Waals surface area contributed by atoms with Crippen molar-refractivity contribution in [3.63, 3.8) is 0 Å². The average molecular weight is 429 g/mol. The highest BCUT2D eigenvalue weighted by atomic mass is 79.9. The fraction of sp³-hybridized carbons (Fsp3) is 0.500. The Balaban J connectivity index is 2.83. The van der Waals surface area contributed by atoms with Gasteiger partial charge in [-0.2, -0.15) is 0 Å². The maximum atomic E-state index is 12.4. The van der Waals surface area contributed by atoms with Crippen molar-refractivity contribution in [3.8, 4) is 0 Å². The monoisotopic (exact) mass is 427 g/mol. The van der Waals surface area contributed by atoms with Crippen LogP contribution in [-0.2, 0) is 14.3 Å². The summed E-state index contributed by atoms with van der Waals surface area (Å²) in [7, 11) is 1.55. The number of carbonyl (C=O) groups excluding carboxylic acids is 2. The van der Waals surface area contributed by atoms with Crippen LogP contribution in [0.1, 0.15) is 17.3 Å². The largest absolute Gasteiger partial charge is 0.465 e. The summed E-state index contributed by atoms with van der Waals surface area (Å²) >= 11 is 8.08. The fourth-order valence-electron chi connectivity index (χ4n) is 1.47. The van der Waals surface area contributed by atoms with Gasteiger partial charge in [-0.05, 0) is 44.8 Å². The van der Waals surface area contributed by atoms with Crippen molar-refractivity contribution in [1.29, 1.82) is 0 Å². The van der Waals surface area contributed by atoms with Crippen molar-refractivity contribution in [2.45, 2.75) is 6.92 Å². The molecule has 0 aliphatic heterocycles. The van der Waals surface area contributed by atoms with Gasteiger partial charge in [-0.1, -0.05) is 0 Å². The lowest BCUT2D eigenvalue weighted by Crippen LogP contribution is -2.38. The number of esters is 1.